The predicted molar refractivity (Wildman–Crippen MR) is 68.0 cm³/mol. The highest BCUT2D eigenvalue weighted by atomic mass is 16.5. The summed E-state index contributed by atoms with van der Waals surface area (Å²) in [5.74, 6) is 2.30. The van der Waals surface area contributed by atoms with Crippen LogP contribution in [-0.4, -0.2) is 23.4 Å². The van der Waals surface area contributed by atoms with Gasteiger partial charge in [0, 0.05) is 12.5 Å². The second-order valence-electron chi connectivity index (χ2n) is 4.71. The van der Waals surface area contributed by atoms with Gasteiger partial charge in [-0.05, 0) is 31.0 Å². The summed E-state index contributed by atoms with van der Waals surface area (Å²) in [4.78, 5) is 4.35. The van der Waals surface area contributed by atoms with Gasteiger partial charge in [0.2, 0.25) is 0 Å². The number of rotatable bonds is 4. The van der Waals surface area contributed by atoms with Gasteiger partial charge in [-0.2, -0.15) is 4.98 Å². The lowest BCUT2D eigenvalue weighted by Gasteiger charge is -2.03. The zero-order chi connectivity index (χ0) is 13.1. The number of aromatic nitrogens is 2. The molecule has 0 bridgehead atoms. The molecule has 19 heavy (non-hydrogen) atoms. The SMILES string of the molecule is Cc1cccc(OCc2nc(C3CCOC3)no2)c1. The molecule has 1 fully saturated rings. The minimum Gasteiger partial charge on any atom is -0.484 e. The molecular formula is C14H16N2O3. The van der Waals surface area contributed by atoms with Crippen molar-refractivity contribution in [3.63, 3.8) is 0 Å². The monoisotopic (exact) mass is 260 g/mol. The van der Waals surface area contributed by atoms with Crippen LogP contribution in [0.4, 0.5) is 0 Å². The Morgan fingerprint density at radius 1 is 1.42 bits per heavy atom. The normalized spacial score (nSPS) is 18.7. The Morgan fingerprint density at radius 3 is 3.16 bits per heavy atom. The van der Waals surface area contributed by atoms with E-state index in [0.717, 1.165) is 30.2 Å². The summed E-state index contributed by atoms with van der Waals surface area (Å²) in [5.41, 5.74) is 1.16. The molecule has 0 amide bonds. The highest BCUT2D eigenvalue weighted by molar-refractivity contribution is 5.27. The molecule has 0 saturated carbocycles. The van der Waals surface area contributed by atoms with E-state index < -0.39 is 0 Å². The van der Waals surface area contributed by atoms with Gasteiger partial charge in [0.1, 0.15) is 5.75 Å². The molecule has 1 aromatic heterocycles. The summed E-state index contributed by atoms with van der Waals surface area (Å²) < 4.78 is 16.1. The van der Waals surface area contributed by atoms with E-state index in [0.29, 0.717) is 19.1 Å². The van der Waals surface area contributed by atoms with Gasteiger partial charge in [-0.3, -0.25) is 0 Å². The van der Waals surface area contributed by atoms with Gasteiger partial charge in [-0.25, -0.2) is 0 Å². The van der Waals surface area contributed by atoms with Crippen LogP contribution in [0.5, 0.6) is 5.75 Å². The largest absolute Gasteiger partial charge is 0.484 e. The molecule has 5 heteroatoms. The van der Waals surface area contributed by atoms with E-state index in [2.05, 4.69) is 10.1 Å². The molecule has 1 unspecified atom stereocenters. The smallest absolute Gasteiger partial charge is 0.264 e. The van der Waals surface area contributed by atoms with E-state index >= 15 is 0 Å². The molecule has 100 valence electrons. The van der Waals surface area contributed by atoms with Crippen molar-refractivity contribution in [1.29, 1.82) is 0 Å². The Kier molecular flexibility index (Phi) is 3.46. The Labute approximate surface area is 111 Å². The predicted octanol–water partition coefficient (Wildman–Crippen LogP) is 2.46. The van der Waals surface area contributed by atoms with E-state index in [9.17, 15) is 0 Å². The average molecular weight is 260 g/mol. The zero-order valence-corrected chi connectivity index (χ0v) is 10.8. The van der Waals surface area contributed by atoms with Crippen molar-refractivity contribution in [1.82, 2.24) is 10.1 Å². The van der Waals surface area contributed by atoms with Gasteiger partial charge in [0.15, 0.2) is 12.4 Å². The second kappa shape index (κ2) is 5.40. The lowest BCUT2D eigenvalue weighted by molar-refractivity contribution is 0.192. The lowest BCUT2D eigenvalue weighted by atomic mass is 10.1. The van der Waals surface area contributed by atoms with Crippen LogP contribution in [-0.2, 0) is 11.3 Å². The first-order valence-electron chi connectivity index (χ1n) is 6.41. The molecule has 0 spiro atoms. The summed E-state index contributed by atoms with van der Waals surface area (Å²) in [6.07, 6.45) is 0.956. The molecule has 2 aromatic rings. The fourth-order valence-electron chi connectivity index (χ4n) is 2.08. The number of benzene rings is 1. The van der Waals surface area contributed by atoms with Crippen molar-refractivity contribution in [2.24, 2.45) is 0 Å². The second-order valence-corrected chi connectivity index (χ2v) is 4.71. The number of aryl methyl sites for hydroxylation is 1. The summed E-state index contributed by atoms with van der Waals surface area (Å²) in [6, 6.07) is 7.87. The van der Waals surface area contributed by atoms with Crippen molar-refractivity contribution < 1.29 is 14.0 Å². The number of hydrogen-bond donors (Lipinski definition) is 0. The molecule has 1 atom stereocenters. The first-order chi connectivity index (χ1) is 9.31. The minimum atomic E-state index is 0.261. The Balaban J connectivity index is 1.61. The topological polar surface area (TPSA) is 57.4 Å². The van der Waals surface area contributed by atoms with Crippen molar-refractivity contribution in [2.45, 2.75) is 25.9 Å². The van der Waals surface area contributed by atoms with Gasteiger partial charge in [-0.1, -0.05) is 17.3 Å². The number of ether oxygens (including phenoxy) is 2. The fourth-order valence-corrected chi connectivity index (χ4v) is 2.08. The molecule has 0 radical (unpaired) electrons. The highest BCUT2D eigenvalue weighted by Crippen LogP contribution is 2.22. The van der Waals surface area contributed by atoms with Crippen LogP contribution in [0.1, 0.15) is 29.6 Å². The van der Waals surface area contributed by atoms with Gasteiger partial charge in [-0.15, -0.1) is 0 Å². The summed E-state index contributed by atoms with van der Waals surface area (Å²) in [5, 5.41) is 3.98. The molecule has 2 heterocycles. The van der Waals surface area contributed by atoms with Gasteiger partial charge >= 0.3 is 0 Å². The number of hydrogen-bond acceptors (Lipinski definition) is 5. The third-order valence-electron chi connectivity index (χ3n) is 3.13. The van der Waals surface area contributed by atoms with E-state index in [1.54, 1.807) is 0 Å². The van der Waals surface area contributed by atoms with E-state index in [1.807, 2.05) is 31.2 Å². The molecule has 3 rings (SSSR count). The maximum atomic E-state index is 5.62. The molecule has 1 aliphatic rings. The lowest BCUT2D eigenvalue weighted by Crippen LogP contribution is -2.01. The maximum absolute atomic E-state index is 5.62. The van der Waals surface area contributed by atoms with Crippen molar-refractivity contribution in [2.75, 3.05) is 13.2 Å². The van der Waals surface area contributed by atoms with Crippen LogP contribution in [0.25, 0.3) is 0 Å². The van der Waals surface area contributed by atoms with Crippen LogP contribution >= 0.6 is 0 Å². The van der Waals surface area contributed by atoms with Crippen molar-refractivity contribution in [3.8, 4) is 5.75 Å². The minimum absolute atomic E-state index is 0.261. The molecule has 1 aliphatic heterocycles. The van der Waals surface area contributed by atoms with Crippen LogP contribution < -0.4 is 4.74 Å². The van der Waals surface area contributed by atoms with E-state index in [1.165, 1.54) is 0 Å². The van der Waals surface area contributed by atoms with Gasteiger partial charge in [0.05, 0.1) is 6.61 Å². The quantitative estimate of drug-likeness (QED) is 0.845. The first-order valence-corrected chi connectivity index (χ1v) is 6.41. The molecule has 0 N–H and O–H groups in total. The molecule has 1 aromatic carbocycles. The van der Waals surface area contributed by atoms with Gasteiger partial charge < -0.3 is 14.0 Å². The zero-order valence-electron chi connectivity index (χ0n) is 10.8. The van der Waals surface area contributed by atoms with Crippen LogP contribution in [0.2, 0.25) is 0 Å². The Morgan fingerprint density at radius 2 is 2.37 bits per heavy atom. The Hall–Kier alpha value is -1.88. The highest BCUT2D eigenvalue weighted by Gasteiger charge is 2.23. The van der Waals surface area contributed by atoms with Crippen LogP contribution in [0.15, 0.2) is 28.8 Å². The van der Waals surface area contributed by atoms with Crippen LogP contribution in [0.3, 0.4) is 0 Å². The molecular weight excluding hydrogens is 244 g/mol. The van der Waals surface area contributed by atoms with Crippen molar-refractivity contribution >= 4 is 0 Å². The molecule has 1 saturated heterocycles. The third-order valence-corrected chi connectivity index (χ3v) is 3.13. The Bertz CT molecular complexity index is 547. The van der Waals surface area contributed by atoms with Crippen LogP contribution in [0, 0.1) is 6.92 Å². The van der Waals surface area contributed by atoms with Crippen molar-refractivity contribution in [3.05, 3.63) is 41.5 Å². The summed E-state index contributed by atoms with van der Waals surface area (Å²) in [6.45, 7) is 3.77. The van der Waals surface area contributed by atoms with E-state index in [-0.39, 0.29) is 5.92 Å². The number of nitrogens with zero attached hydrogens (tertiary/aromatic N) is 2. The molecule has 5 nitrogen and oxygen atoms in total. The molecule has 0 aliphatic carbocycles. The van der Waals surface area contributed by atoms with Gasteiger partial charge in [0.25, 0.3) is 5.89 Å². The standard InChI is InChI=1S/C14H16N2O3/c1-10-3-2-4-12(7-10)18-9-13-15-14(16-19-13)11-5-6-17-8-11/h2-4,7,11H,5-6,8-9H2,1H3. The first kappa shape index (κ1) is 12.2. The maximum Gasteiger partial charge on any atom is 0.264 e. The average Bonchev–Trinajstić information content (AvgIpc) is 3.07. The fraction of sp³-hybridized carbons (Fsp3) is 0.429. The third kappa shape index (κ3) is 2.93. The summed E-state index contributed by atoms with van der Waals surface area (Å²) >= 11 is 0. The summed E-state index contributed by atoms with van der Waals surface area (Å²) in [7, 11) is 0. The van der Waals surface area contributed by atoms with E-state index in [4.69, 9.17) is 14.0 Å².